The van der Waals surface area contributed by atoms with Gasteiger partial charge in [0.1, 0.15) is 11.4 Å². The van der Waals surface area contributed by atoms with E-state index in [1.165, 1.54) is 0 Å². The number of carbonyl (C=O) groups is 1. The van der Waals surface area contributed by atoms with Gasteiger partial charge in [0.15, 0.2) is 0 Å². The number of alkyl carbamates (subject to hydrolysis) is 1. The first kappa shape index (κ1) is 17.8. The Morgan fingerprint density at radius 1 is 1.44 bits per heavy atom. The van der Waals surface area contributed by atoms with Crippen LogP contribution in [0.5, 0.6) is 0 Å². The van der Waals surface area contributed by atoms with Crippen molar-refractivity contribution in [2.75, 3.05) is 13.7 Å². The van der Waals surface area contributed by atoms with E-state index in [4.69, 9.17) is 9.47 Å². The zero-order valence-electron chi connectivity index (χ0n) is 15.6. The molecule has 0 spiro atoms. The Balaban J connectivity index is 1.64. The Kier molecular flexibility index (Phi) is 4.35. The second-order valence-corrected chi connectivity index (χ2v) is 8.57. The van der Waals surface area contributed by atoms with Crippen LogP contribution in [0.25, 0.3) is 0 Å². The molecule has 0 aromatic carbocycles. The van der Waals surface area contributed by atoms with Gasteiger partial charge in [0, 0.05) is 12.0 Å². The van der Waals surface area contributed by atoms with Gasteiger partial charge >= 0.3 is 6.09 Å². The molecule has 0 radical (unpaired) electrons. The van der Waals surface area contributed by atoms with E-state index in [0.29, 0.717) is 18.4 Å². The zero-order chi connectivity index (χ0) is 18.3. The minimum atomic E-state index is -0.486. The van der Waals surface area contributed by atoms with Crippen LogP contribution in [0, 0.1) is 34.0 Å². The van der Waals surface area contributed by atoms with E-state index in [1.807, 2.05) is 26.8 Å². The summed E-state index contributed by atoms with van der Waals surface area (Å²) in [5.41, 5.74) is -0.852. The smallest absolute Gasteiger partial charge is 0.407 e. The fourth-order valence-electron chi connectivity index (χ4n) is 4.21. The largest absolute Gasteiger partial charge is 0.497 e. The quantitative estimate of drug-likeness (QED) is 0.820. The molecule has 0 saturated heterocycles. The average Bonchev–Trinajstić information content (AvgIpc) is 3.45. The summed E-state index contributed by atoms with van der Waals surface area (Å²) >= 11 is 0. The molecule has 136 valence electrons. The molecular weight excluding hydrogens is 316 g/mol. The van der Waals surface area contributed by atoms with Gasteiger partial charge in [0.05, 0.1) is 18.6 Å². The van der Waals surface area contributed by atoms with E-state index in [1.54, 1.807) is 7.11 Å². The molecule has 3 aliphatic rings. The maximum atomic E-state index is 11.9. The van der Waals surface area contributed by atoms with Crippen LogP contribution in [0.3, 0.4) is 0 Å². The lowest BCUT2D eigenvalue weighted by molar-refractivity contribution is 0.0522. The summed E-state index contributed by atoms with van der Waals surface area (Å²) in [6.45, 7) is 6.19. The van der Waals surface area contributed by atoms with Crippen LogP contribution in [0.1, 0.15) is 46.5 Å². The molecule has 1 N–H and O–H groups in total. The summed E-state index contributed by atoms with van der Waals surface area (Å²) < 4.78 is 10.6. The Bertz CT molecular complexity index is 649. The van der Waals surface area contributed by atoms with Gasteiger partial charge in [0.2, 0.25) is 0 Å². The molecule has 3 rings (SSSR count). The number of ether oxygens (including phenoxy) is 2. The summed E-state index contributed by atoms with van der Waals surface area (Å²) in [7, 11) is 1.67. The molecule has 3 aliphatic carbocycles. The van der Waals surface area contributed by atoms with Crippen molar-refractivity contribution in [2.45, 2.75) is 52.1 Å². The van der Waals surface area contributed by atoms with Crippen molar-refractivity contribution >= 4 is 6.09 Å². The number of allylic oxidation sites excluding steroid dienone is 3. The van der Waals surface area contributed by atoms with Crippen LogP contribution < -0.4 is 5.32 Å². The maximum absolute atomic E-state index is 11.9. The highest BCUT2D eigenvalue weighted by atomic mass is 16.6. The Labute approximate surface area is 150 Å². The number of methoxy groups -OCH3 is 1. The van der Waals surface area contributed by atoms with Gasteiger partial charge in [-0.1, -0.05) is 6.08 Å². The minimum absolute atomic E-state index is 0.121. The normalized spacial score (nSPS) is 32.2. The standard InChI is InChI=1S/C20H28N2O3/c1-18(2,3)25-17(23)22-12-14-11-16(14)20(19(13-21)9-10-19)7-5-15(24-4)6-8-20/h5-7,14,16H,8-12H2,1-4H3,(H,22,23). The number of nitrogens with zero attached hydrogens (tertiary/aromatic N) is 1. The van der Waals surface area contributed by atoms with E-state index in [-0.39, 0.29) is 16.9 Å². The number of amides is 1. The average molecular weight is 344 g/mol. The van der Waals surface area contributed by atoms with Crippen LogP contribution in [-0.2, 0) is 9.47 Å². The number of nitrogens with one attached hydrogen (secondary N) is 1. The topological polar surface area (TPSA) is 71.3 Å². The second-order valence-electron chi connectivity index (χ2n) is 8.57. The van der Waals surface area contributed by atoms with Gasteiger partial charge in [-0.2, -0.15) is 5.26 Å². The van der Waals surface area contributed by atoms with Crippen molar-refractivity contribution in [2.24, 2.45) is 22.7 Å². The van der Waals surface area contributed by atoms with Gasteiger partial charge in [-0.15, -0.1) is 0 Å². The Hall–Kier alpha value is -1.96. The molecule has 5 heteroatoms. The molecule has 2 fully saturated rings. The second kappa shape index (κ2) is 6.09. The highest BCUT2D eigenvalue weighted by Crippen LogP contribution is 2.70. The molecule has 0 heterocycles. The maximum Gasteiger partial charge on any atom is 0.407 e. The summed E-state index contributed by atoms with van der Waals surface area (Å²) in [4.78, 5) is 11.9. The number of hydrogen-bond donors (Lipinski definition) is 1. The molecule has 5 nitrogen and oxygen atoms in total. The summed E-state index contributed by atoms with van der Waals surface area (Å²) in [6.07, 6.45) is 9.77. The van der Waals surface area contributed by atoms with E-state index in [0.717, 1.165) is 31.4 Å². The van der Waals surface area contributed by atoms with Gasteiger partial charge in [0.25, 0.3) is 0 Å². The van der Waals surface area contributed by atoms with Gasteiger partial charge in [-0.25, -0.2) is 4.79 Å². The number of nitriles is 1. The predicted octanol–water partition coefficient (Wildman–Crippen LogP) is 3.93. The lowest BCUT2D eigenvalue weighted by Crippen LogP contribution is -2.36. The fraction of sp³-hybridized carbons (Fsp3) is 0.700. The molecule has 0 aromatic rings. The van der Waals surface area contributed by atoms with Crippen LogP contribution in [0.2, 0.25) is 0 Å². The van der Waals surface area contributed by atoms with Crippen LogP contribution in [0.15, 0.2) is 24.0 Å². The number of carbonyl (C=O) groups excluding carboxylic acids is 1. The number of rotatable bonds is 5. The fourth-order valence-corrected chi connectivity index (χ4v) is 4.21. The lowest BCUT2D eigenvalue weighted by atomic mass is 9.65. The first-order valence-corrected chi connectivity index (χ1v) is 9.07. The highest BCUT2D eigenvalue weighted by Gasteiger charge is 2.66. The van der Waals surface area contributed by atoms with Crippen LogP contribution >= 0.6 is 0 Å². The summed E-state index contributed by atoms with van der Waals surface area (Å²) in [5.74, 6) is 1.70. The molecule has 0 bridgehead atoms. The monoisotopic (exact) mass is 344 g/mol. The van der Waals surface area contributed by atoms with E-state index in [9.17, 15) is 10.1 Å². The molecular formula is C20H28N2O3. The van der Waals surface area contributed by atoms with Crippen molar-refractivity contribution in [1.29, 1.82) is 5.26 Å². The molecule has 3 atom stereocenters. The molecule has 1 amide bonds. The van der Waals surface area contributed by atoms with Crippen molar-refractivity contribution in [3.05, 3.63) is 24.0 Å². The molecule has 2 saturated carbocycles. The molecule has 0 aliphatic heterocycles. The summed E-state index contributed by atoms with van der Waals surface area (Å²) in [6, 6.07) is 2.60. The predicted molar refractivity (Wildman–Crippen MR) is 94.4 cm³/mol. The first-order chi connectivity index (χ1) is 11.8. The molecule has 0 aromatic heterocycles. The van der Waals surface area contributed by atoms with Crippen molar-refractivity contribution in [3.63, 3.8) is 0 Å². The van der Waals surface area contributed by atoms with Crippen molar-refractivity contribution in [1.82, 2.24) is 5.32 Å². The Morgan fingerprint density at radius 3 is 2.64 bits per heavy atom. The number of hydrogen-bond acceptors (Lipinski definition) is 4. The molecule has 3 unspecified atom stereocenters. The Morgan fingerprint density at radius 2 is 2.16 bits per heavy atom. The minimum Gasteiger partial charge on any atom is -0.497 e. The first-order valence-electron chi connectivity index (χ1n) is 9.07. The van der Waals surface area contributed by atoms with Gasteiger partial charge in [-0.3, -0.25) is 0 Å². The summed E-state index contributed by atoms with van der Waals surface area (Å²) in [5, 5.41) is 12.7. The van der Waals surface area contributed by atoms with E-state index >= 15 is 0 Å². The van der Waals surface area contributed by atoms with Gasteiger partial charge in [-0.05, 0) is 70.4 Å². The third-order valence-electron chi connectivity index (χ3n) is 5.77. The third-order valence-corrected chi connectivity index (χ3v) is 5.77. The van der Waals surface area contributed by atoms with Gasteiger partial charge < -0.3 is 14.8 Å². The lowest BCUT2D eigenvalue weighted by Gasteiger charge is -2.37. The zero-order valence-corrected chi connectivity index (χ0v) is 15.6. The highest BCUT2D eigenvalue weighted by molar-refractivity contribution is 5.67. The molecule has 25 heavy (non-hydrogen) atoms. The van der Waals surface area contributed by atoms with Crippen molar-refractivity contribution in [3.8, 4) is 6.07 Å². The van der Waals surface area contributed by atoms with Crippen LogP contribution in [0.4, 0.5) is 4.79 Å². The van der Waals surface area contributed by atoms with E-state index < -0.39 is 5.60 Å². The third kappa shape index (κ3) is 3.40. The SMILES string of the molecule is COC1=CCC(C2CC2CNC(=O)OC(C)(C)C)(C2(C#N)CC2)C=C1. The van der Waals surface area contributed by atoms with Crippen LogP contribution in [-0.4, -0.2) is 25.3 Å². The van der Waals surface area contributed by atoms with Crippen molar-refractivity contribution < 1.29 is 14.3 Å². The van der Waals surface area contributed by atoms with E-state index in [2.05, 4.69) is 23.5 Å².